The van der Waals surface area contributed by atoms with Gasteiger partial charge in [0.1, 0.15) is 0 Å². The molecule has 4 aromatic rings. The van der Waals surface area contributed by atoms with Gasteiger partial charge in [-0.3, -0.25) is 0 Å². The summed E-state index contributed by atoms with van der Waals surface area (Å²) < 4.78 is 26.3. The van der Waals surface area contributed by atoms with Crippen molar-refractivity contribution >= 4 is 21.3 Å². The first-order valence-corrected chi connectivity index (χ1v) is 15.0. The summed E-state index contributed by atoms with van der Waals surface area (Å²) in [5.74, 6) is 0.725. The van der Waals surface area contributed by atoms with Crippen molar-refractivity contribution in [1.82, 2.24) is 4.83 Å². The lowest BCUT2D eigenvalue weighted by molar-refractivity contribution is 0.365. The lowest BCUT2D eigenvalue weighted by atomic mass is 9.59. The molecule has 0 unspecified atom stereocenters. The molecule has 0 spiro atoms. The van der Waals surface area contributed by atoms with E-state index >= 15 is 0 Å². The summed E-state index contributed by atoms with van der Waals surface area (Å²) in [6, 6.07) is 38.6. The van der Waals surface area contributed by atoms with Crippen molar-refractivity contribution in [2.24, 2.45) is 16.9 Å². The zero-order chi connectivity index (χ0) is 26.8. The van der Waals surface area contributed by atoms with Gasteiger partial charge in [0.05, 0.1) is 4.90 Å². The Morgan fingerprint density at radius 2 is 1.28 bits per heavy atom. The van der Waals surface area contributed by atoms with Crippen LogP contribution in [0.1, 0.15) is 46.9 Å². The predicted molar refractivity (Wildman–Crippen MR) is 158 cm³/mol. The van der Waals surface area contributed by atoms with Gasteiger partial charge in [-0.15, -0.1) is 0 Å². The van der Waals surface area contributed by atoms with E-state index in [9.17, 15) is 8.42 Å². The maximum atomic E-state index is 13.2. The van der Waals surface area contributed by atoms with E-state index in [4.69, 9.17) is 0 Å². The van der Waals surface area contributed by atoms with Crippen molar-refractivity contribution in [3.8, 4) is 0 Å². The van der Waals surface area contributed by atoms with Crippen molar-refractivity contribution in [2.45, 2.75) is 36.5 Å². The lowest BCUT2D eigenvalue weighted by Gasteiger charge is -2.45. The summed E-state index contributed by atoms with van der Waals surface area (Å²) in [6.07, 6.45) is 4.02. The average molecular weight is 533 g/mol. The number of rotatable bonds is 6. The Labute approximate surface area is 231 Å². The highest BCUT2D eigenvalue weighted by molar-refractivity contribution is 7.89. The number of benzene rings is 4. The topological polar surface area (TPSA) is 58.5 Å². The quantitative estimate of drug-likeness (QED) is 0.265. The molecule has 0 saturated heterocycles. The molecule has 2 aliphatic carbocycles. The van der Waals surface area contributed by atoms with Crippen LogP contribution in [0.15, 0.2) is 131 Å². The van der Waals surface area contributed by atoms with Gasteiger partial charge in [0, 0.05) is 17.5 Å². The normalized spacial score (nSPS) is 23.7. The number of aryl methyl sites for hydroxylation is 1. The third-order valence-corrected chi connectivity index (χ3v) is 9.43. The molecule has 1 fully saturated rings. The summed E-state index contributed by atoms with van der Waals surface area (Å²) >= 11 is 0. The Hall–Kier alpha value is -3.96. The van der Waals surface area contributed by atoms with E-state index in [0.29, 0.717) is 12.3 Å². The fourth-order valence-electron chi connectivity index (χ4n) is 6.24. The molecule has 5 heteroatoms. The van der Waals surface area contributed by atoms with Crippen molar-refractivity contribution in [2.75, 3.05) is 0 Å². The molecule has 1 saturated carbocycles. The molecule has 39 heavy (non-hydrogen) atoms. The van der Waals surface area contributed by atoms with Crippen molar-refractivity contribution in [1.29, 1.82) is 0 Å². The maximum absolute atomic E-state index is 13.2. The number of hydrogen-bond acceptors (Lipinski definition) is 3. The van der Waals surface area contributed by atoms with Crippen molar-refractivity contribution < 1.29 is 8.42 Å². The molecule has 0 heterocycles. The monoisotopic (exact) mass is 532 g/mol. The molecule has 4 aromatic carbocycles. The van der Waals surface area contributed by atoms with E-state index in [-0.39, 0.29) is 22.6 Å². The summed E-state index contributed by atoms with van der Waals surface area (Å²) in [5, 5.41) is 4.67. The summed E-state index contributed by atoms with van der Waals surface area (Å²) in [6.45, 7) is 1.94. The molecule has 0 radical (unpaired) electrons. The molecule has 4 nitrogen and oxygen atoms in total. The van der Waals surface area contributed by atoms with E-state index in [2.05, 4.69) is 94.9 Å². The van der Waals surface area contributed by atoms with Crippen LogP contribution in [-0.2, 0) is 10.0 Å². The summed E-state index contributed by atoms with van der Waals surface area (Å²) in [7, 11) is -3.77. The molecule has 2 bridgehead atoms. The Balaban J connectivity index is 1.45. The third-order valence-electron chi connectivity index (χ3n) is 8.20. The van der Waals surface area contributed by atoms with Gasteiger partial charge < -0.3 is 0 Å². The number of allylic oxidation sites excluding steroid dienone is 2. The van der Waals surface area contributed by atoms with Crippen LogP contribution in [0.2, 0.25) is 0 Å². The average Bonchev–Trinajstić information content (AvgIpc) is 2.98. The molecular weight excluding hydrogens is 500 g/mol. The fraction of sp³-hybridized carbons (Fsp3) is 0.206. The minimum absolute atomic E-state index is 0.102. The van der Waals surface area contributed by atoms with Gasteiger partial charge in [-0.1, -0.05) is 115 Å². The van der Waals surface area contributed by atoms with Crippen LogP contribution in [0.3, 0.4) is 0 Å². The van der Waals surface area contributed by atoms with E-state index in [1.807, 2.05) is 19.1 Å². The van der Waals surface area contributed by atoms with Gasteiger partial charge in [-0.25, -0.2) is 4.83 Å². The molecule has 2 aliphatic rings. The zero-order valence-electron chi connectivity index (χ0n) is 21.9. The zero-order valence-corrected chi connectivity index (χ0v) is 22.8. The number of hydrazone groups is 1. The first-order valence-electron chi connectivity index (χ1n) is 13.5. The molecule has 196 valence electrons. The van der Waals surface area contributed by atoms with E-state index in [1.54, 1.807) is 24.3 Å². The Kier molecular flexibility index (Phi) is 6.92. The van der Waals surface area contributed by atoms with Crippen LogP contribution >= 0.6 is 0 Å². The highest BCUT2D eigenvalue weighted by atomic mass is 32.2. The SMILES string of the molecule is Cc1ccc(S(=O)(=O)N/N=C2\C[C@@H](c3ccccc3)[C@H]3C[C@H]2[C@H](c2ccccc2)C=C3c2ccccc2)cc1. The number of hydrogen-bond donors (Lipinski definition) is 1. The van der Waals surface area contributed by atoms with E-state index < -0.39 is 10.0 Å². The minimum atomic E-state index is -3.77. The molecule has 0 amide bonds. The van der Waals surface area contributed by atoms with Gasteiger partial charge in [-0.2, -0.15) is 13.5 Å². The van der Waals surface area contributed by atoms with Crippen molar-refractivity contribution in [3.63, 3.8) is 0 Å². The highest BCUT2D eigenvalue weighted by Gasteiger charge is 2.44. The first kappa shape index (κ1) is 25.3. The van der Waals surface area contributed by atoms with Crippen LogP contribution in [0, 0.1) is 18.8 Å². The Bertz CT molecular complexity index is 1600. The second-order valence-electron chi connectivity index (χ2n) is 10.6. The molecule has 4 atom stereocenters. The second kappa shape index (κ2) is 10.7. The molecule has 0 aliphatic heterocycles. The smallest absolute Gasteiger partial charge is 0.200 e. The van der Waals surface area contributed by atoms with Gasteiger partial charge >= 0.3 is 0 Å². The largest absolute Gasteiger partial charge is 0.276 e. The number of nitrogens with zero attached hydrogens (tertiary/aromatic N) is 1. The first-order chi connectivity index (χ1) is 19.0. The predicted octanol–water partition coefficient (Wildman–Crippen LogP) is 7.32. The molecule has 0 aromatic heterocycles. The van der Waals surface area contributed by atoms with Gasteiger partial charge in [0.25, 0.3) is 10.0 Å². The molecule has 1 N–H and O–H groups in total. The standard InChI is InChI=1S/C34H32N2O2S/c1-24-17-19-28(20-18-24)39(37,38)36-35-34-23-31(27-15-9-4-10-16-27)32-22-33(34)30(26-13-7-3-8-14-26)21-29(32)25-11-5-2-6-12-25/h2-21,30-33,36H,22-23H2,1H3/b35-34+/t30-,31-,32-,33-/m0/s1. The third kappa shape index (κ3) is 5.19. The van der Waals surface area contributed by atoms with Crippen LogP contribution in [0.4, 0.5) is 0 Å². The minimum Gasteiger partial charge on any atom is -0.200 e. The second-order valence-corrected chi connectivity index (χ2v) is 12.3. The molecule has 6 rings (SSSR count). The van der Waals surface area contributed by atoms with Crippen LogP contribution < -0.4 is 4.83 Å². The van der Waals surface area contributed by atoms with Crippen LogP contribution in [0.5, 0.6) is 0 Å². The van der Waals surface area contributed by atoms with Crippen LogP contribution in [0.25, 0.3) is 5.57 Å². The van der Waals surface area contributed by atoms with Gasteiger partial charge in [-0.05, 0) is 66.0 Å². The Morgan fingerprint density at radius 3 is 1.92 bits per heavy atom. The molecular formula is C34H32N2O2S. The fourth-order valence-corrected chi connectivity index (χ4v) is 7.07. The number of nitrogens with one attached hydrogen (secondary N) is 1. The van der Waals surface area contributed by atoms with Crippen molar-refractivity contribution in [3.05, 3.63) is 144 Å². The van der Waals surface area contributed by atoms with Gasteiger partial charge in [0.2, 0.25) is 0 Å². The van der Waals surface area contributed by atoms with E-state index in [0.717, 1.165) is 17.7 Å². The lowest BCUT2D eigenvalue weighted by Crippen LogP contribution is -2.39. The van der Waals surface area contributed by atoms with Crippen LogP contribution in [-0.4, -0.2) is 14.1 Å². The summed E-state index contributed by atoms with van der Waals surface area (Å²) in [5.41, 5.74) is 7.03. The highest BCUT2D eigenvalue weighted by Crippen LogP contribution is 2.53. The Morgan fingerprint density at radius 1 is 0.692 bits per heavy atom. The van der Waals surface area contributed by atoms with Gasteiger partial charge in [0.15, 0.2) is 0 Å². The summed E-state index contributed by atoms with van der Waals surface area (Å²) in [4.78, 5) is 2.82. The van der Waals surface area contributed by atoms with E-state index in [1.165, 1.54) is 22.3 Å². The maximum Gasteiger partial charge on any atom is 0.276 e. The number of fused-ring (bicyclic) bond motifs is 2. The number of sulfonamides is 1.